The van der Waals surface area contributed by atoms with Gasteiger partial charge in [0.2, 0.25) is 0 Å². The molecule has 142 valence electrons. The number of hydrogen-bond acceptors (Lipinski definition) is 4. The molecule has 27 heavy (non-hydrogen) atoms. The third-order valence-electron chi connectivity index (χ3n) is 4.80. The van der Waals surface area contributed by atoms with Gasteiger partial charge in [0.05, 0.1) is 25.4 Å². The summed E-state index contributed by atoms with van der Waals surface area (Å²) in [5, 5.41) is 0.859. The van der Waals surface area contributed by atoms with Crippen LogP contribution in [0.25, 0.3) is 22.2 Å². The van der Waals surface area contributed by atoms with E-state index in [1.54, 1.807) is 18.8 Å². The fourth-order valence-electron chi connectivity index (χ4n) is 3.32. The van der Waals surface area contributed by atoms with Crippen molar-refractivity contribution in [3.05, 3.63) is 52.4 Å². The Bertz CT molecular complexity index is 1020. The molecule has 1 aromatic heterocycles. The Morgan fingerprint density at radius 2 is 1.52 bits per heavy atom. The summed E-state index contributed by atoms with van der Waals surface area (Å²) in [5.74, 6) is 1.65. The number of methoxy groups -OCH3 is 2. The lowest BCUT2D eigenvalue weighted by Gasteiger charge is -2.18. The largest absolute Gasteiger partial charge is 0.493 e. The van der Waals surface area contributed by atoms with Crippen molar-refractivity contribution in [2.24, 2.45) is 0 Å². The van der Waals surface area contributed by atoms with Crippen LogP contribution in [0.1, 0.15) is 45.2 Å². The molecule has 5 heteroatoms. The minimum absolute atomic E-state index is 0.0250. The molecule has 0 atom stereocenters. The molecule has 0 radical (unpaired) electrons. The molecule has 0 fully saturated rings. The van der Waals surface area contributed by atoms with Gasteiger partial charge in [-0.2, -0.15) is 4.98 Å². The van der Waals surface area contributed by atoms with Gasteiger partial charge < -0.3 is 9.47 Å². The van der Waals surface area contributed by atoms with Crippen molar-refractivity contribution in [3.8, 4) is 22.8 Å². The number of aromatic nitrogens is 2. The lowest BCUT2D eigenvalue weighted by atomic mass is 9.99. The maximum Gasteiger partial charge on any atom is 0.348 e. The van der Waals surface area contributed by atoms with Crippen molar-refractivity contribution >= 4 is 10.9 Å². The van der Waals surface area contributed by atoms with Crippen molar-refractivity contribution in [3.63, 3.8) is 0 Å². The normalized spacial score (nSPS) is 11.4. The third-order valence-corrected chi connectivity index (χ3v) is 4.80. The van der Waals surface area contributed by atoms with Crippen molar-refractivity contribution in [2.45, 2.75) is 39.7 Å². The van der Waals surface area contributed by atoms with Gasteiger partial charge in [-0.05, 0) is 31.4 Å². The average molecular weight is 366 g/mol. The zero-order chi connectivity index (χ0) is 19.7. The predicted octanol–water partition coefficient (Wildman–Crippen LogP) is 4.79. The lowest BCUT2D eigenvalue weighted by molar-refractivity contribution is 0.355. The van der Waals surface area contributed by atoms with Crippen molar-refractivity contribution in [1.82, 2.24) is 9.55 Å². The van der Waals surface area contributed by atoms with Gasteiger partial charge in [-0.1, -0.05) is 38.1 Å². The molecule has 0 saturated heterocycles. The predicted molar refractivity (Wildman–Crippen MR) is 109 cm³/mol. The first-order chi connectivity index (χ1) is 12.9. The highest BCUT2D eigenvalue weighted by atomic mass is 16.5. The van der Waals surface area contributed by atoms with E-state index in [-0.39, 0.29) is 11.7 Å². The standard InChI is InChI=1S/C22H26N2O3/c1-13(2)15-7-9-16(10-8-15)21-17-11-19(26-5)20(27-6)12-18(17)24(14(3)4)22(25)23-21/h7-14H,1-6H3. The Morgan fingerprint density at radius 1 is 0.926 bits per heavy atom. The van der Waals surface area contributed by atoms with Crippen LogP contribution in [0.2, 0.25) is 0 Å². The van der Waals surface area contributed by atoms with Gasteiger partial charge in [-0.3, -0.25) is 4.57 Å². The number of rotatable bonds is 5. The second-order valence-electron chi connectivity index (χ2n) is 7.21. The van der Waals surface area contributed by atoms with Crippen LogP contribution in [0.15, 0.2) is 41.2 Å². The topological polar surface area (TPSA) is 53.3 Å². The Kier molecular flexibility index (Phi) is 5.22. The van der Waals surface area contributed by atoms with E-state index in [9.17, 15) is 4.79 Å². The summed E-state index contributed by atoms with van der Waals surface area (Å²) in [6.07, 6.45) is 0. The van der Waals surface area contributed by atoms with Crippen LogP contribution in [-0.2, 0) is 0 Å². The van der Waals surface area contributed by atoms with E-state index in [1.807, 2.05) is 38.1 Å². The van der Waals surface area contributed by atoms with Crippen LogP contribution >= 0.6 is 0 Å². The minimum Gasteiger partial charge on any atom is -0.493 e. The van der Waals surface area contributed by atoms with Crippen molar-refractivity contribution in [2.75, 3.05) is 14.2 Å². The quantitative estimate of drug-likeness (QED) is 0.652. The second-order valence-corrected chi connectivity index (χ2v) is 7.21. The summed E-state index contributed by atoms with van der Waals surface area (Å²) in [4.78, 5) is 17.2. The number of fused-ring (bicyclic) bond motifs is 1. The minimum atomic E-state index is -0.271. The smallest absolute Gasteiger partial charge is 0.348 e. The van der Waals surface area contributed by atoms with E-state index >= 15 is 0 Å². The molecule has 3 aromatic rings. The van der Waals surface area contributed by atoms with E-state index in [0.717, 1.165) is 16.5 Å². The molecule has 3 rings (SSSR count). The fourth-order valence-corrected chi connectivity index (χ4v) is 3.32. The number of nitrogens with zero attached hydrogens (tertiary/aromatic N) is 2. The molecule has 0 N–H and O–H groups in total. The lowest BCUT2D eigenvalue weighted by Crippen LogP contribution is -2.25. The van der Waals surface area contributed by atoms with E-state index in [0.29, 0.717) is 23.1 Å². The monoisotopic (exact) mass is 366 g/mol. The van der Waals surface area contributed by atoms with Crippen LogP contribution in [0.5, 0.6) is 11.5 Å². The van der Waals surface area contributed by atoms with Crippen LogP contribution < -0.4 is 15.2 Å². The van der Waals surface area contributed by atoms with Gasteiger partial charge >= 0.3 is 5.69 Å². The third kappa shape index (κ3) is 3.42. The molecule has 0 unspecified atom stereocenters. The maximum atomic E-state index is 12.8. The Hall–Kier alpha value is -2.82. The van der Waals surface area contributed by atoms with Crippen LogP contribution in [0, 0.1) is 0 Å². The summed E-state index contributed by atoms with van der Waals surface area (Å²) in [7, 11) is 3.20. The molecule has 0 aliphatic carbocycles. The molecular weight excluding hydrogens is 340 g/mol. The van der Waals surface area contributed by atoms with Crippen molar-refractivity contribution < 1.29 is 9.47 Å². The first-order valence-electron chi connectivity index (χ1n) is 9.16. The van der Waals surface area contributed by atoms with Crippen LogP contribution in [0.4, 0.5) is 0 Å². The summed E-state index contributed by atoms with van der Waals surface area (Å²) in [5.41, 5.74) is 3.32. The van der Waals surface area contributed by atoms with Gasteiger partial charge in [-0.25, -0.2) is 4.79 Å². The summed E-state index contributed by atoms with van der Waals surface area (Å²) in [6.45, 7) is 8.25. The van der Waals surface area contributed by atoms with E-state index < -0.39 is 0 Å². The van der Waals surface area contributed by atoms with E-state index in [4.69, 9.17) is 9.47 Å². The SMILES string of the molecule is COc1cc2c(-c3ccc(C(C)C)cc3)nc(=O)n(C(C)C)c2cc1OC. The highest BCUT2D eigenvalue weighted by molar-refractivity contribution is 5.94. The van der Waals surface area contributed by atoms with E-state index in [1.165, 1.54) is 5.56 Å². The molecule has 0 saturated carbocycles. The number of ether oxygens (including phenoxy) is 2. The molecule has 0 aliphatic rings. The molecule has 0 spiro atoms. The number of hydrogen-bond donors (Lipinski definition) is 0. The zero-order valence-electron chi connectivity index (χ0n) is 16.7. The van der Waals surface area contributed by atoms with Gasteiger partial charge in [0.1, 0.15) is 0 Å². The average Bonchev–Trinajstić information content (AvgIpc) is 2.65. The molecule has 0 aliphatic heterocycles. The fraction of sp³-hybridized carbons (Fsp3) is 0.364. The van der Waals surface area contributed by atoms with Gasteiger partial charge in [0.15, 0.2) is 11.5 Å². The summed E-state index contributed by atoms with van der Waals surface area (Å²) < 4.78 is 12.6. The first kappa shape index (κ1) is 19.0. The first-order valence-corrected chi connectivity index (χ1v) is 9.16. The van der Waals surface area contributed by atoms with Gasteiger partial charge in [0.25, 0.3) is 0 Å². The summed E-state index contributed by atoms with van der Waals surface area (Å²) in [6, 6.07) is 11.9. The van der Waals surface area contributed by atoms with Crippen LogP contribution in [0.3, 0.4) is 0 Å². The van der Waals surface area contributed by atoms with Crippen molar-refractivity contribution in [1.29, 1.82) is 0 Å². The van der Waals surface area contributed by atoms with Crippen LogP contribution in [-0.4, -0.2) is 23.8 Å². The molecular formula is C22H26N2O3. The highest BCUT2D eigenvalue weighted by Crippen LogP contribution is 2.36. The summed E-state index contributed by atoms with van der Waals surface area (Å²) >= 11 is 0. The van der Waals surface area contributed by atoms with Gasteiger partial charge in [0, 0.05) is 23.1 Å². The Morgan fingerprint density at radius 3 is 2.04 bits per heavy atom. The molecule has 2 aromatic carbocycles. The molecule has 0 bridgehead atoms. The number of benzene rings is 2. The molecule has 5 nitrogen and oxygen atoms in total. The van der Waals surface area contributed by atoms with Gasteiger partial charge in [-0.15, -0.1) is 0 Å². The maximum absolute atomic E-state index is 12.8. The zero-order valence-corrected chi connectivity index (χ0v) is 16.7. The Labute approximate surface area is 159 Å². The second kappa shape index (κ2) is 7.43. The molecule has 1 heterocycles. The highest BCUT2D eigenvalue weighted by Gasteiger charge is 2.18. The Balaban J connectivity index is 2.35. The van der Waals surface area contributed by atoms with E-state index in [2.05, 4.69) is 31.0 Å². The molecule has 0 amide bonds.